The van der Waals surface area contributed by atoms with Crippen molar-refractivity contribution in [3.05, 3.63) is 23.8 Å². The van der Waals surface area contributed by atoms with Crippen LogP contribution in [0.5, 0.6) is 5.75 Å². The number of phenols is 1. The molecule has 5 heteroatoms. The highest BCUT2D eigenvalue weighted by Gasteiger charge is 2.08. The molecule has 0 radical (unpaired) electrons. The molecule has 0 aliphatic heterocycles. The first kappa shape index (κ1) is 9.85. The molecule has 1 aromatic carbocycles. The quantitative estimate of drug-likeness (QED) is 0.746. The molecule has 0 saturated carbocycles. The lowest BCUT2D eigenvalue weighted by atomic mass is 10.2. The van der Waals surface area contributed by atoms with Crippen LogP contribution in [0.25, 0.3) is 0 Å². The Kier molecular flexibility index (Phi) is 3.13. The van der Waals surface area contributed by atoms with Gasteiger partial charge in [-0.15, -0.1) is 0 Å². The van der Waals surface area contributed by atoms with Crippen molar-refractivity contribution in [1.29, 1.82) is 0 Å². The van der Waals surface area contributed by atoms with Gasteiger partial charge in [-0.1, -0.05) is 0 Å². The molecule has 0 atom stereocenters. The van der Waals surface area contributed by atoms with Crippen LogP contribution in [-0.4, -0.2) is 18.2 Å². The largest absolute Gasteiger partial charge is 0.508 e. The molecule has 0 bridgehead atoms. The fourth-order valence-corrected chi connectivity index (χ4v) is 1.20. The smallest absolute Gasteiger partial charge is 0.338 e. The molecule has 13 heavy (non-hydrogen) atoms. The van der Waals surface area contributed by atoms with Crippen LogP contribution in [0.2, 0.25) is 0 Å². The van der Waals surface area contributed by atoms with E-state index in [0.717, 1.165) is 0 Å². The summed E-state index contributed by atoms with van der Waals surface area (Å²) < 4.78 is 16.5. The van der Waals surface area contributed by atoms with Gasteiger partial charge in [0.2, 0.25) is 0 Å². The molecular formula is C8H7FO3S. The Bertz CT molecular complexity index is 327. The van der Waals surface area contributed by atoms with Crippen LogP contribution >= 0.6 is 12.1 Å². The van der Waals surface area contributed by atoms with Crippen LogP contribution < -0.4 is 0 Å². The fraction of sp³-hybridized carbons (Fsp3) is 0.125. The summed E-state index contributed by atoms with van der Waals surface area (Å²) in [5, 5.41) is 9.08. The number of benzene rings is 1. The molecule has 0 spiro atoms. The van der Waals surface area contributed by atoms with Gasteiger partial charge < -0.3 is 9.84 Å². The summed E-state index contributed by atoms with van der Waals surface area (Å²) >= 11 is -0.0428. The van der Waals surface area contributed by atoms with Crippen molar-refractivity contribution in [3.8, 4) is 5.75 Å². The highest BCUT2D eigenvalue weighted by molar-refractivity contribution is 7.94. The van der Waals surface area contributed by atoms with Gasteiger partial charge in [0, 0.05) is 4.90 Å². The standard InChI is InChI=1S/C8H7FO3S/c1-12-8(11)5-2-6(10)4-7(3-5)13-9/h2-4,10H,1H3. The minimum absolute atomic E-state index is 0.0428. The second-order valence-electron chi connectivity index (χ2n) is 2.28. The SMILES string of the molecule is COC(=O)c1cc(O)cc(SF)c1. The second-order valence-corrected chi connectivity index (χ2v) is 2.91. The number of hydrogen-bond acceptors (Lipinski definition) is 4. The third-order valence-electron chi connectivity index (χ3n) is 1.40. The molecule has 1 rings (SSSR count). The first-order chi connectivity index (χ1) is 6.17. The first-order valence-corrected chi connectivity index (χ1v) is 4.10. The Hall–Kier alpha value is -1.23. The van der Waals surface area contributed by atoms with Gasteiger partial charge in [-0.3, -0.25) is 0 Å². The van der Waals surface area contributed by atoms with Crippen molar-refractivity contribution < 1.29 is 18.5 Å². The van der Waals surface area contributed by atoms with Crippen LogP contribution in [0.4, 0.5) is 3.89 Å². The Balaban J connectivity index is 3.08. The Labute approximate surface area is 78.8 Å². The van der Waals surface area contributed by atoms with Gasteiger partial charge in [-0.05, 0) is 18.2 Å². The summed E-state index contributed by atoms with van der Waals surface area (Å²) in [4.78, 5) is 11.1. The average molecular weight is 202 g/mol. The van der Waals surface area contributed by atoms with Crippen LogP contribution in [-0.2, 0) is 4.74 Å². The molecule has 0 aromatic heterocycles. The summed E-state index contributed by atoms with van der Waals surface area (Å²) in [7, 11) is 1.22. The molecule has 0 unspecified atom stereocenters. The topological polar surface area (TPSA) is 46.5 Å². The van der Waals surface area contributed by atoms with Gasteiger partial charge in [-0.2, -0.15) is 3.89 Å². The lowest BCUT2D eigenvalue weighted by molar-refractivity contribution is 0.0600. The zero-order valence-electron chi connectivity index (χ0n) is 6.78. The average Bonchev–Trinajstić information content (AvgIpc) is 2.15. The summed E-state index contributed by atoms with van der Waals surface area (Å²) in [6, 6.07) is 3.74. The Morgan fingerprint density at radius 1 is 1.54 bits per heavy atom. The number of rotatable bonds is 2. The van der Waals surface area contributed by atoms with E-state index in [1.54, 1.807) is 0 Å². The molecule has 0 saturated heterocycles. The number of methoxy groups -OCH3 is 1. The van der Waals surface area contributed by atoms with Crippen molar-refractivity contribution in [3.63, 3.8) is 0 Å². The molecule has 0 aliphatic carbocycles. The zero-order chi connectivity index (χ0) is 9.84. The lowest BCUT2D eigenvalue weighted by Crippen LogP contribution is -2.00. The van der Waals surface area contributed by atoms with Crippen molar-refractivity contribution in [2.75, 3.05) is 7.11 Å². The van der Waals surface area contributed by atoms with Gasteiger partial charge in [0.15, 0.2) is 0 Å². The van der Waals surface area contributed by atoms with Crippen molar-refractivity contribution >= 4 is 18.1 Å². The number of esters is 1. The monoisotopic (exact) mass is 202 g/mol. The summed E-state index contributed by atoms with van der Waals surface area (Å²) in [6.45, 7) is 0. The number of hydrogen-bond donors (Lipinski definition) is 1. The lowest BCUT2D eigenvalue weighted by Gasteiger charge is -2.01. The van der Waals surface area contributed by atoms with Gasteiger partial charge in [0.1, 0.15) is 5.75 Å². The normalized spacial score (nSPS) is 9.69. The number of halogens is 1. The highest BCUT2D eigenvalue weighted by atomic mass is 32.2. The molecule has 1 aromatic rings. The predicted octanol–water partition coefficient (Wildman–Crippen LogP) is 2.16. The van der Waals surface area contributed by atoms with Gasteiger partial charge in [0.25, 0.3) is 0 Å². The van der Waals surface area contributed by atoms with Crippen LogP contribution in [0.15, 0.2) is 23.1 Å². The third-order valence-corrected chi connectivity index (χ3v) is 1.82. The molecular weight excluding hydrogens is 195 g/mol. The minimum Gasteiger partial charge on any atom is -0.508 e. The van der Waals surface area contributed by atoms with Crippen LogP contribution in [0, 0.1) is 0 Å². The Morgan fingerprint density at radius 2 is 2.23 bits per heavy atom. The maximum atomic E-state index is 12.1. The number of ether oxygens (including phenoxy) is 1. The first-order valence-electron chi connectivity index (χ1n) is 3.38. The van der Waals surface area contributed by atoms with E-state index in [1.165, 1.54) is 25.3 Å². The van der Waals surface area contributed by atoms with Gasteiger partial charge in [0.05, 0.1) is 24.8 Å². The van der Waals surface area contributed by atoms with Crippen LogP contribution in [0.1, 0.15) is 10.4 Å². The number of aromatic hydroxyl groups is 1. The minimum atomic E-state index is -0.605. The number of carbonyl (C=O) groups excluding carboxylic acids is 1. The molecule has 0 aliphatic rings. The molecule has 0 amide bonds. The zero-order valence-corrected chi connectivity index (χ0v) is 7.60. The molecule has 70 valence electrons. The van der Waals surface area contributed by atoms with Crippen molar-refractivity contribution in [1.82, 2.24) is 0 Å². The van der Waals surface area contributed by atoms with Gasteiger partial charge in [-0.25, -0.2) is 4.79 Å². The number of carbonyl (C=O) groups is 1. The van der Waals surface area contributed by atoms with Crippen molar-refractivity contribution in [2.45, 2.75) is 4.90 Å². The van der Waals surface area contributed by atoms with E-state index in [2.05, 4.69) is 4.74 Å². The van der Waals surface area contributed by atoms with E-state index in [9.17, 15) is 8.68 Å². The number of phenolic OH excluding ortho intramolecular Hbond substituents is 1. The summed E-state index contributed by atoms with van der Waals surface area (Å²) in [6.07, 6.45) is 0. The summed E-state index contributed by atoms with van der Waals surface area (Å²) in [5.41, 5.74) is 0.127. The predicted molar refractivity (Wildman–Crippen MR) is 46.4 cm³/mol. The second kappa shape index (κ2) is 4.13. The van der Waals surface area contributed by atoms with E-state index in [4.69, 9.17) is 5.11 Å². The van der Waals surface area contributed by atoms with E-state index in [1.807, 2.05) is 0 Å². The van der Waals surface area contributed by atoms with E-state index in [0.29, 0.717) is 0 Å². The molecule has 0 heterocycles. The fourth-order valence-electron chi connectivity index (χ4n) is 0.864. The van der Waals surface area contributed by atoms with Crippen molar-refractivity contribution in [2.24, 2.45) is 0 Å². The molecule has 0 fully saturated rings. The van der Waals surface area contributed by atoms with E-state index in [-0.39, 0.29) is 28.4 Å². The molecule has 3 nitrogen and oxygen atoms in total. The van der Waals surface area contributed by atoms with Crippen LogP contribution in [0.3, 0.4) is 0 Å². The Morgan fingerprint density at radius 3 is 2.77 bits per heavy atom. The molecule has 1 N–H and O–H groups in total. The maximum Gasteiger partial charge on any atom is 0.338 e. The van der Waals surface area contributed by atoms with E-state index < -0.39 is 5.97 Å². The maximum absolute atomic E-state index is 12.1. The van der Waals surface area contributed by atoms with E-state index >= 15 is 0 Å². The summed E-state index contributed by atoms with van der Waals surface area (Å²) in [5.74, 6) is -0.769. The highest BCUT2D eigenvalue weighted by Crippen LogP contribution is 2.25. The third kappa shape index (κ3) is 2.35. The van der Waals surface area contributed by atoms with Gasteiger partial charge >= 0.3 is 5.97 Å².